The number of benzene rings is 1. The number of nitrogens with zero attached hydrogens (tertiary/aromatic N) is 4. The molecule has 5 rings (SSSR count). The lowest BCUT2D eigenvalue weighted by Gasteiger charge is -2.36. The van der Waals surface area contributed by atoms with Gasteiger partial charge in [-0.15, -0.1) is 0 Å². The van der Waals surface area contributed by atoms with Gasteiger partial charge >= 0.3 is 6.03 Å². The van der Waals surface area contributed by atoms with E-state index in [1.165, 1.54) is 24.4 Å². The first-order valence-electron chi connectivity index (χ1n) is 12.5. The minimum atomic E-state index is -2.59. The number of rotatable bonds is 8. The molecule has 1 fully saturated rings. The highest BCUT2D eigenvalue weighted by molar-refractivity contribution is 6.05. The van der Waals surface area contributed by atoms with Gasteiger partial charge in [0.05, 0.1) is 24.0 Å². The van der Waals surface area contributed by atoms with Gasteiger partial charge in [0.15, 0.2) is 5.82 Å². The Labute approximate surface area is 218 Å². The smallest absolute Gasteiger partial charge is 0.327 e. The molecule has 2 amide bonds. The minimum absolute atomic E-state index is 0.0790. The fourth-order valence-electron chi connectivity index (χ4n) is 4.87. The van der Waals surface area contributed by atoms with E-state index < -0.39 is 19.1 Å². The van der Waals surface area contributed by atoms with Crippen LogP contribution in [0, 0.1) is 0 Å². The molecule has 9 nitrogen and oxygen atoms in total. The summed E-state index contributed by atoms with van der Waals surface area (Å²) >= 11 is 0. The topological polar surface area (TPSA) is 111 Å². The van der Waals surface area contributed by atoms with Gasteiger partial charge in [-0.1, -0.05) is 25.1 Å². The van der Waals surface area contributed by atoms with Gasteiger partial charge in [-0.25, -0.2) is 23.5 Å². The van der Waals surface area contributed by atoms with E-state index in [4.69, 9.17) is 14.8 Å². The van der Waals surface area contributed by atoms with Crippen LogP contribution in [0.3, 0.4) is 0 Å². The van der Waals surface area contributed by atoms with E-state index in [9.17, 15) is 18.7 Å². The molecule has 0 radical (unpaired) electrons. The average molecular weight is 526 g/mol. The van der Waals surface area contributed by atoms with Gasteiger partial charge in [-0.3, -0.25) is 4.90 Å². The summed E-state index contributed by atoms with van der Waals surface area (Å²) < 4.78 is 32.2. The number of halogens is 2. The average Bonchev–Trinajstić information content (AvgIpc) is 3.35. The van der Waals surface area contributed by atoms with Gasteiger partial charge in [0.25, 0.3) is 6.43 Å². The molecular weight excluding hydrogens is 496 g/mol. The number of hydrogen-bond acceptors (Lipinski definition) is 7. The number of ether oxygens (including phenoxy) is 1. The number of aromatic nitrogens is 2. The number of hydrogen-bond donors (Lipinski definition) is 3. The number of alkyl halides is 2. The molecule has 2 bridgehead atoms. The van der Waals surface area contributed by atoms with E-state index in [0.29, 0.717) is 35.7 Å². The number of aryl methyl sites for hydroxylation is 1. The second-order valence-corrected chi connectivity index (χ2v) is 9.34. The number of pyridine rings is 2. The molecular formula is C27H29F2N5O4. The molecule has 0 saturated carbocycles. The van der Waals surface area contributed by atoms with Crippen molar-refractivity contribution in [2.24, 2.45) is 0 Å². The molecule has 2 atom stereocenters. The molecule has 2 aromatic heterocycles. The Balaban J connectivity index is 1.47. The monoisotopic (exact) mass is 525 g/mol. The van der Waals surface area contributed by atoms with Gasteiger partial charge in [0, 0.05) is 42.2 Å². The van der Waals surface area contributed by atoms with Gasteiger partial charge in [-0.05, 0) is 36.6 Å². The van der Waals surface area contributed by atoms with Gasteiger partial charge in [-0.2, -0.15) is 0 Å². The van der Waals surface area contributed by atoms with Crippen molar-refractivity contribution in [2.75, 3.05) is 41.4 Å². The summed E-state index contributed by atoms with van der Waals surface area (Å²) in [5.41, 5.74) is 3.28. The van der Waals surface area contributed by atoms with Crippen LogP contribution in [0.2, 0.25) is 0 Å². The van der Waals surface area contributed by atoms with E-state index in [1.54, 1.807) is 23.1 Å². The molecule has 1 saturated heterocycles. The van der Waals surface area contributed by atoms with Crippen LogP contribution < -0.4 is 19.9 Å². The summed E-state index contributed by atoms with van der Waals surface area (Å²) in [5, 5.41) is 21.4. The first-order chi connectivity index (χ1) is 18.4. The first kappa shape index (κ1) is 25.8. The van der Waals surface area contributed by atoms with E-state index in [1.807, 2.05) is 13.0 Å². The number of urea groups is 1. The maximum atomic E-state index is 13.6. The zero-order valence-corrected chi connectivity index (χ0v) is 20.8. The van der Waals surface area contributed by atoms with E-state index in [2.05, 4.69) is 15.2 Å². The molecule has 0 aliphatic carbocycles. The SMILES string of the molecule is CCc1cc2c(nc1-c1cccc(C(F)F)c1)N(C(=O)Nc1ccnc(OC[C@@H](O)CO)c1)C1CCN2C1. The number of nitrogens with one attached hydrogen (secondary N) is 1. The molecule has 4 heterocycles. The van der Waals surface area contributed by atoms with Gasteiger partial charge in [0.2, 0.25) is 5.88 Å². The lowest BCUT2D eigenvalue weighted by molar-refractivity contribution is 0.0521. The molecule has 0 spiro atoms. The highest BCUT2D eigenvalue weighted by Crippen LogP contribution is 2.42. The molecule has 1 unspecified atom stereocenters. The van der Waals surface area contributed by atoms with Gasteiger partial charge in [0.1, 0.15) is 12.7 Å². The molecule has 38 heavy (non-hydrogen) atoms. The summed E-state index contributed by atoms with van der Waals surface area (Å²) in [5.74, 6) is 0.677. The summed E-state index contributed by atoms with van der Waals surface area (Å²) in [6.07, 6.45) is -0.742. The zero-order valence-electron chi connectivity index (χ0n) is 20.8. The van der Waals surface area contributed by atoms with Crippen molar-refractivity contribution in [3.05, 3.63) is 59.8 Å². The van der Waals surface area contributed by atoms with Crippen molar-refractivity contribution in [1.82, 2.24) is 9.97 Å². The number of anilines is 3. The summed E-state index contributed by atoms with van der Waals surface area (Å²) in [6, 6.07) is 10.9. The predicted octanol–water partition coefficient (Wildman–Crippen LogP) is 4.01. The van der Waals surface area contributed by atoms with Crippen LogP contribution in [0.25, 0.3) is 11.3 Å². The van der Waals surface area contributed by atoms with Crippen LogP contribution >= 0.6 is 0 Å². The Morgan fingerprint density at radius 3 is 2.87 bits per heavy atom. The summed E-state index contributed by atoms with van der Waals surface area (Å²) in [7, 11) is 0. The van der Waals surface area contributed by atoms with Crippen molar-refractivity contribution in [1.29, 1.82) is 0 Å². The highest BCUT2D eigenvalue weighted by atomic mass is 19.3. The van der Waals surface area contributed by atoms with Crippen LogP contribution in [-0.4, -0.2) is 64.7 Å². The molecule has 3 N–H and O–H groups in total. The van der Waals surface area contributed by atoms with E-state index in [0.717, 1.165) is 24.2 Å². The number of amides is 2. The van der Waals surface area contributed by atoms with Crippen molar-refractivity contribution in [2.45, 2.75) is 38.3 Å². The number of aliphatic hydroxyl groups excluding tert-OH is 2. The Hall–Kier alpha value is -3.83. The van der Waals surface area contributed by atoms with Gasteiger partial charge < -0.3 is 25.2 Å². The van der Waals surface area contributed by atoms with Crippen molar-refractivity contribution in [3.8, 4) is 17.1 Å². The van der Waals surface area contributed by atoms with Crippen LogP contribution in [0.15, 0.2) is 48.7 Å². The molecule has 11 heteroatoms. The van der Waals surface area contributed by atoms with Crippen LogP contribution in [0.1, 0.15) is 30.9 Å². The third-order valence-electron chi connectivity index (χ3n) is 6.79. The minimum Gasteiger partial charge on any atom is -0.475 e. The predicted molar refractivity (Wildman–Crippen MR) is 139 cm³/mol. The second-order valence-electron chi connectivity index (χ2n) is 9.34. The number of aliphatic hydroxyl groups is 2. The molecule has 1 aromatic carbocycles. The lowest BCUT2D eigenvalue weighted by atomic mass is 10.0. The largest absolute Gasteiger partial charge is 0.475 e. The molecule has 2 aliphatic heterocycles. The standard InChI is InChI=1S/C27H29F2N5O4/c1-2-16-11-22-26(32-24(16)17-4-3-5-18(10-17)25(28)29)34(20-7-9-33(22)13-20)27(37)31-19-6-8-30-23(12-19)38-15-21(36)14-35/h3-6,8,10-12,20-21,25,35-36H,2,7,9,13-15H2,1H3,(H,30,31,37)/t20?,21-/m0/s1. The van der Waals surface area contributed by atoms with Crippen molar-refractivity contribution in [3.63, 3.8) is 0 Å². The maximum absolute atomic E-state index is 13.6. The van der Waals surface area contributed by atoms with E-state index >= 15 is 0 Å². The normalized spacial score (nSPS) is 16.9. The van der Waals surface area contributed by atoms with Crippen LogP contribution in [-0.2, 0) is 6.42 Å². The fourth-order valence-corrected chi connectivity index (χ4v) is 4.87. The lowest BCUT2D eigenvalue weighted by Crippen LogP contribution is -2.48. The number of carbonyl (C=O) groups is 1. The first-order valence-corrected chi connectivity index (χ1v) is 12.5. The molecule has 2 aliphatic rings. The van der Waals surface area contributed by atoms with Crippen LogP contribution in [0.5, 0.6) is 5.88 Å². The Kier molecular flexibility index (Phi) is 7.39. The maximum Gasteiger partial charge on any atom is 0.327 e. The Bertz CT molecular complexity index is 1320. The third-order valence-corrected chi connectivity index (χ3v) is 6.79. The highest BCUT2D eigenvalue weighted by Gasteiger charge is 2.41. The Morgan fingerprint density at radius 1 is 1.26 bits per heavy atom. The Morgan fingerprint density at radius 2 is 2.11 bits per heavy atom. The summed E-state index contributed by atoms with van der Waals surface area (Å²) in [4.78, 5) is 26.4. The molecule has 200 valence electrons. The van der Waals surface area contributed by atoms with Crippen LogP contribution in [0.4, 0.5) is 30.8 Å². The zero-order chi connectivity index (χ0) is 26.8. The number of fused-ring (bicyclic) bond motifs is 4. The van der Waals surface area contributed by atoms with E-state index in [-0.39, 0.29) is 30.1 Å². The van der Waals surface area contributed by atoms with Crippen molar-refractivity contribution < 1.29 is 28.5 Å². The fraction of sp³-hybridized carbons (Fsp3) is 0.370. The second kappa shape index (κ2) is 10.9. The number of carbonyl (C=O) groups excluding carboxylic acids is 1. The third kappa shape index (κ3) is 5.11. The summed E-state index contributed by atoms with van der Waals surface area (Å²) in [6.45, 7) is 2.87. The van der Waals surface area contributed by atoms with Crippen molar-refractivity contribution >= 4 is 23.2 Å². The molecule has 3 aromatic rings. The quantitative estimate of drug-likeness (QED) is 0.408.